The highest BCUT2D eigenvalue weighted by atomic mass is 19.4. The van der Waals surface area contributed by atoms with E-state index < -0.39 is 24.5 Å². The van der Waals surface area contributed by atoms with Crippen molar-refractivity contribution in [3.63, 3.8) is 0 Å². The number of anilines is 1. The van der Waals surface area contributed by atoms with Gasteiger partial charge in [0.1, 0.15) is 5.82 Å². The molecule has 104 valence electrons. The maximum Gasteiger partial charge on any atom is 0.389 e. The molecule has 0 aliphatic carbocycles. The zero-order chi connectivity index (χ0) is 14.0. The first-order valence-electron chi connectivity index (χ1n) is 5.87. The van der Waals surface area contributed by atoms with E-state index in [-0.39, 0.29) is 12.2 Å². The molecule has 4 nitrogen and oxygen atoms in total. The molecule has 1 aromatic rings. The smallest absolute Gasteiger partial charge is 0.389 e. The molecular weight excluding hydrogens is 261 g/mol. The molecule has 0 radical (unpaired) electrons. The molecule has 19 heavy (non-hydrogen) atoms. The lowest BCUT2D eigenvalue weighted by atomic mass is 10.1. The van der Waals surface area contributed by atoms with Crippen molar-refractivity contribution >= 4 is 11.8 Å². The van der Waals surface area contributed by atoms with E-state index in [1.165, 1.54) is 6.07 Å². The molecule has 0 saturated carbocycles. The van der Waals surface area contributed by atoms with Crippen LogP contribution in [0.15, 0.2) is 18.2 Å². The molecule has 0 amide bonds. The summed E-state index contributed by atoms with van der Waals surface area (Å²) >= 11 is 0. The number of carboxylic acid groups (broad SMARTS) is 1. The molecule has 0 spiro atoms. The van der Waals surface area contributed by atoms with E-state index in [0.717, 1.165) is 0 Å². The molecule has 1 unspecified atom stereocenters. The second-order valence-electron chi connectivity index (χ2n) is 4.61. The Morgan fingerprint density at radius 1 is 1.47 bits per heavy atom. The first-order valence-corrected chi connectivity index (χ1v) is 5.87. The number of carbonyl (C=O) groups is 1. The monoisotopic (exact) mass is 274 g/mol. The van der Waals surface area contributed by atoms with E-state index in [1.807, 2.05) is 0 Å². The molecule has 1 atom stereocenters. The van der Waals surface area contributed by atoms with Crippen LogP contribution in [-0.4, -0.2) is 35.3 Å². The lowest BCUT2D eigenvalue weighted by Gasteiger charge is -2.18. The Bertz CT molecular complexity index is 476. The Morgan fingerprint density at radius 2 is 2.21 bits per heavy atom. The minimum absolute atomic E-state index is 0.100. The van der Waals surface area contributed by atoms with E-state index in [1.54, 1.807) is 17.0 Å². The van der Waals surface area contributed by atoms with Crippen LogP contribution in [0.1, 0.15) is 23.3 Å². The topological polar surface area (TPSA) is 53.4 Å². The number of alkyl halides is 3. The highest BCUT2D eigenvalue weighted by Crippen LogP contribution is 2.31. The van der Waals surface area contributed by atoms with Crippen LogP contribution in [0.5, 0.6) is 0 Å². The Hall–Kier alpha value is -1.79. The molecule has 1 fully saturated rings. The fraction of sp³-hybridized carbons (Fsp3) is 0.500. The van der Waals surface area contributed by atoms with Gasteiger partial charge >= 0.3 is 12.1 Å². The zero-order valence-electron chi connectivity index (χ0n) is 10.0. The number of rotatable bonds is 3. The summed E-state index contributed by atoms with van der Waals surface area (Å²) in [6.07, 6.45) is -4.52. The summed E-state index contributed by atoms with van der Waals surface area (Å²) in [6.45, 7) is 0.729. The highest BCUT2D eigenvalue weighted by Gasteiger charge is 2.35. The highest BCUT2D eigenvalue weighted by molar-refractivity contribution is 5.85. The first kappa shape index (κ1) is 13.6. The number of carboxylic acids is 1. The molecule has 7 heteroatoms. The second kappa shape index (κ2) is 5.07. The van der Waals surface area contributed by atoms with Gasteiger partial charge in [-0.2, -0.15) is 13.2 Å². The average Bonchev–Trinajstić information content (AvgIpc) is 2.75. The number of halogens is 3. The fourth-order valence-electron chi connectivity index (χ4n) is 2.25. The Morgan fingerprint density at radius 3 is 2.84 bits per heavy atom. The third-order valence-corrected chi connectivity index (χ3v) is 3.08. The van der Waals surface area contributed by atoms with E-state index in [9.17, 15) is 18.0 Å². The van der Waals surface area contributed by atoms with Crippen molar-refractivity contribution in [1.82, 2.24) is 4.98 Å². The summed E-state index contributed by atoms with van der Waals surface area (Å²) in [6, 6.07) is 4.51. The molecule has 0 bridgehead atoms. The van der Waals surface area contributed by atoms with Gasteiger partial charge in [0.05, 0.1) is 0 Å². The lowest BCUT2D eigenvalue weighted by Crippen LogP contribution is -2.23. The maximum absolute atomic E-state index is 12.3. The second-order valence-corrected chi connectivity index (χ2v) is 4.61. The maximum atomic E-state index is 12.3. The average molecular weight is 274 g/mol. The van der Waals surface area contributed by atoms with Gasteiger partial charge in [-0.05, 0) is 24.5 Å². The molecule has 1 aliphatic rings. The summed E-state index contributed by atoms with van der Waals surface area (Å²) in [5.74, 6) is -1.17. The van der Waals surface area contributed by atoms with Gasteiger partial charge in [0, 0.05) is 19.5 Å². The minimum Gasteiger partial charge on any atom is -0.477 e. The first-order chi connectivity index (χ1) is 8.85. The molecule has 1 aliphatic heterocycles. The summed E-state index contributed by atoms with van der Waals surface area (Å²) in [4.78, 5) is 16.4. The number of hydrogen-bond acceptors (Lipinski definition) is 3. The van der Waals surface area contributed by atoms with Gasteiger partial charge in [0.2, 0.25) is 0 Å². The van der Waals surface area contributed by atoms with Crippen LogP contribution in [0.25, 0.3) is 0 Å². The number of nitrogens with zero attached hydrogens (tertiary/aromatic N) is 2. The van der Waals surface area contributed by atoms with Crippen molar-refractivity contribution in [2.75, 3.05) is 18.0 Å². The number of pyridine rings is 1. The van der Waals surface area contributed by atoms with Crippen LogP contribution in [-0.2, 0) is 0 Å². The lowest BCUT2D eigenvalue weighted by molar-refractivity contribution is -0.142. The molecule has 1 aromatic heterocycles. The van der Waals surface area contributed by atoms with Gasteiger partial charge in [-0.3, -0.25) is 0 Å². The Kier molecular flexibility index (Phi) is 3.64. The normalized spacial score (nSPS) is 19.7. The predicted octanol–water partition coefficient (Wildman–Crippen LogP) is 2.56. The van der Waals surface area contributed by atoms with Crippen LogP contribution in [0.3, 0.4) is 0 Å². The van der Waals surface area contributed by atoms with Crippen molar-refractivity contribution in [3.05, 3.63) is 23.9 Å². The van der Waals surface area contributed by atoms with Gasteiger partial charge in [-0.15, -0.1) is 0 Å². The fourth-order valence-corrected chi connectivity index (χ4v) is 2.25. The molecule has 2 heterocycles. The van der Waals surface area contributed by atoms with E-state index in [2.05, 4.69) is 4.98 Å². The van der Waals surface area contributed by atoms with Crippen LogP contribution >= 0.6 is 0 Å². The molecule has 1 saturated heterocycles. The van der Waals surface area contributed by atoms with Crippen molar-refractivity contribution in [2.24, 2.45) is 5.92 Å². The predicted molar refractivity (Wildman–Crippen MR) is 62.2 cm³/mol. The van der Waals surface area contributed by atoms with E-state index in [0.29, 0.717) is 18.8 Å². The van der Waals surface area contributed by atoms with Crippen molar-refractivity contribution in [2.45, 2.75) is 19.0 Å². The molecule has 0 aromatic carbocycles. The third kappa shape index (κ3) is 3.59. The van der Waals surface area contributed by atoms with Gasteiger partial charge in [-0.25, -0.2) is 9.78 Å². The molecule has 1 N–H and O–H groups in total. The van der Waals surface area contributed by atoms with Crippen molar-refractivity contribution < 1.29 is 23.1 Å². The van der Waals surface area contributed by atoms with Gasteiger partial charge in [-0.1, -0.05) is 6.07 Å². The number of aromatic nitrogens is 1. The Labute approximate surface area is 107 Å². The summed E-state index contributed by atoms with van der Waals surface area (Å²) < 4.78 is 36.9. The van der Waals surface area contributed by atoms with Crippen LogP contribution < -0.4 is 4.90 Å². The Balaban J connectivity index is 2.04. The van der Waals surface area contributed by atoms with Crippen LogP contribution in [0.4, 0.5) is 19.0 Å². The summed E-state index contributed by atoms with van der Waals surface area (Å²) in [5.41, 5.74) is -0.100. The third-order valence-electron chi connectivity index (χ3n) is 3.08. The minimum atomic E-state index is -4.16. The number of aromatic carboxylic acids is 1. The van der Waals surface area contributed by atoms with Crippen molar-refractivity contribution in [1.29, 1.82) is 0 Å². The van der Waals surface area contributed by atoms with E-state index >= 15 is 0 Å². The molecular formula is C12H13F3N2O2. The van der Waals surface area contributed by atoms with Crippen LogP contribution in [0.2, 0.25) is 0 Å². The van der Waals surface area contributed by atoms with Crippen LogP contribution in [0, 0.1) is 5.92 Å². The van der Waals surface area contributed by atoms with E-state index in [4.69, 9.17) is 5.11 Å². The molecule has 2 rings (SSSR count). The standard InChI is InChI=1S/C12H13F3N2O2/c13-12(14,15)6-8-4-5-17(7-8)10-3-1-2-9(16-10)11(18)19/h1-3,8H,4-7H2,(H,18,19). The SMILES string of the molecule is O=C(O)c1cccc(N2CCC(CC(F)(F)F)C2)n1. The zero-order valence-corrected chi connectivity index (χ0v) is 10.0. The summed E-state index contributed by atoms with van der Waals surface area (Å²) in [5, 5.41) is 8.83. The van der Waals surface area contributed by atoms with Crippen molar-refractivity contribution in [3.8, 4) is 0 Å². The van der Waals surface area contributed by atoms with Gasteiger partial charge in [0.25, 0.3) is 0 Å². The van der Waals surface area contributed by atoms with Gasteiger partial charge < -0.3 is 10.0 Å². The van der Waals surface area contributed by atoms with Gasteiger partial charge in [0.15, 0.2) is 5.69 Å². The largest absolute Gasteiger partial charge is 0.477 e. The number of hydrogen-bond donors (Lipinski definition) is 1. The summed E-state index contributed by atoms with van der Waals surface area (Å²) in [7, 11) is 0. The quantitative estimate of drug-likeness (QED) is 0.920.